The fraction of sp³-hybridized carbons (Fsp3) is 0.357. The summed E-state index contributed by atoms with van der Waals surface area (Å²) in [6, 6.07) is 3.91. The second-order valence-electron chi connectivity index (χ2n) is 4.35. The molecule has 0 radical (unpaired) electrons. The van der Waals surface area contributed by atoms with Crippen LogP contribution in [-0.2, 0) is 4.74 Å². The zero-order chi connectivity index (χ0) is 15.1. The van der Waals surface area contributed by atoms with Crippen molar-refractivity contribution in [2.24, 2.45) is 22.2 Å². The highest BCUT2D eigenvalue weighted by molar-refractivity contribution is 5.78. The largest absolute Gasteiger partial charge is 0.467 e. The van der Waals surface area contributed by atoms with Crippen molar-refractivity contribution in [3.8, 4) is 5.75 Å². The lowest BCUT2D eigenvalue weighted by Gasteiger charge is -2.15. The Morgan fingerprint density at radius 1 is 1.25 bits per heavy atom. The molecule has 0 amide bonds. The Morgan fingerprint density at radius 2 is 1.95 bits per heavy atom. The van der Waals surface area contributed by atoms with Crippen LogP contribution in [0.4, 0.5) is 0 Å². The second-order valence-corrected chi connectivity index (χ2v) is 4.35. The average molecular weight is 278 g/mol. The van der Waals surface area contributed by atoms with Crippen molar-refractivity contribution in [3.05, 3.63) is 35.0 Å². The van der Waals surface area contributed by atoms with Crippen LogP contribution in [0.3, 0.4) is 0 Å². The summed E-state index contributed by atoms with van der Waals surface area (Å²) in [5, 5.41) is 0. The third-order valence-corrected chi connectivity index (χ3v) is 2.59. The number of rotatable bonds is 6. The molecular formula is C14H22N4O2. The van der Waals surface area contributed by atoms with Crippen LogP contribution < -0.4 is 21.9 Å². The Bertz CT molecular complexity index is 520. The van der Waals surface area contributed by atoms with Crippen LogP contribution >= 0.6 is 0 Å². The Labute approximate surface area is 119 Å². The summed E-state index contributed by atoms with van der Waals surface area (Å²) >= 11 is 0. The van der Waals surface area contributed by atoms with Gasteiger partial charge in [0.1, 0.15) is 5.75 Å². The molecule has 6 heteroatoms. The molecule has 6 N–H and O–H groups in total. The van der Waals surface area contributed by atoms with Gasteiger partial charge in [-0.2, -0.15) is 0 Å². The first kappa shape index (κ1) is 15.8. The molecular weight excluding hydrogens is 256 g/mol. The number of nitrogens with two attached hydrogens (primary N) is 3. The Morgan fingerprint density at radius 3 is 2.55 bits per heavy atom. The first-order chi connectivity index (χ1) is 9.45. The third-order valence-electron chi connectivity index (χ3n) is 2.59. The smallest absolute Gasteiger partial charge is 0.190 e. The summed E-state index contributed by atoms with van der Waals surface area (Å²) in [4.78, 5) is 3.80. The number of aliphatic imine (C=N–C) groups is 1. The molecule has 0 unspecified atom stereocenters. The van der Waals surface area contributed by atoms with Gasteiger partial charge in [-0.1, -0.05) is 6.07 Å². The Kier molecular flexibility index (Phi) is 5.86. The first-order valence-corrected chi connectivity index (χ1v) is 6.32. The summed E-state index contributed by atoms with van der Waals surface area (Å²) < 4.78 is 10.8. The lowest BCUT2D eigenvalue weighted by atomic mass is 10.0. The van der Waals surface area contributed by atoms with E-state index in [0.29, 0.717) is 18.1 Å². The molecule has 0 bridgehead atoms. The highest BCUT2D eigenvalue weighted by Crippen LogP contribution is 2.28. The lowest BCUT2D eigenvalue weighted by Crippen LogP contribution is -2.22. The van der Waals surface area contributed by atoms with Gasteiger partial charge in [-0.05, 0) is 38.0 Å². The maximum absolute atomic E-state index is 6.02. The summed E-state index contributed by atoms with van der Waals surface area (Å²) in [6.45, 7) is 6.59. The van der Waals surface area contributed by atoms with Gasteiger partial charge in [0, 0.05) is 12.2 Å². The van der Waals surface area contributed by atoms with Gasteiger partial charge in [0.2, 0.25) is 0 Å². The molecule has 1 aromatic carbocycles. The maximum Gasteiger partial charge on any atom is 0.190 e. The summed E-state index contributed by atoms with van der Waals surface area (Å²) in [5.74, 6) is 0.602. The van der Waals surface area contributed by atoms with Gasteiger partial charge in [0.05, 0.1) is 11.9 Å². The van der Waals surface area contributed by atoms with Crippen LogP contribution in [-0.4, -0.2) is 19.4 Å². The van der Waals surface area contributed by atoms with E-state index >= 15 is 0 Å². The van der Waals surface area contributed by atoms with Crippen molar-refractivity contribution in [2.45, 2.75) is 20.8 Å². The van der Waals surface area contributed by atoms with Gasteiger partial charge in [-0.15, -0.1) is 0 Å². The van der Waals surface area contributed by atoms with Gasteiger partial charge >= 0.3 is 0 Å². The number of nitrogens with zero attached hydrogens (tertiary/aromatic N) is 1. The van der Waals surface area contributed by atoms with E-state index in [0.717, 1.165) is 16.7 Å². The Balaban J connectivity index is 3.15. The van der Waals surface area contributed by atoms with E-state index in [2.05, 4.69) is 4.99 Å². The van der Waals surface area contributed by atoms with Crippen LogP contribution in [0.2, 0.25) is 0 Å². The van der Waals surface area contributed by atoms with E-state index in [1.54, 1.807) is 0 Å². The first-order valence-electron chi connectivity index (χ1n) is 6.32. The standard InChI is InChI=1S/C14H22N4O2/c1-4-19-8-20-12-6-9(2)5-10(3)13(12)11(15)7-18-14(16)17/h5-7H,4,8,15H2,1-3H3,(H4,16,17,18)/b11-7-. The van der Waals surface area contributed by atoms with Gasteiger partial charge in [0.15, 0.2) is 12.8 Å². The van der Waals surface area contributed by atoms with Gasteiger partial charge < -0.3 is 26.7 Å². The van der Waals surface area contributed by atoms with Gasteiger partial charge in [0.25, 0.3) is 0 Å². The van der Waals surface area contributed by atoms with E-state index in [-0.39, 0.29) is 12.8 Å². The number of guanidine groups is 1. The van der Waals surface area contributed by atoms with Crippen molar-refractivity contribution >= 4 is 11.7 Å². The zero-order valence-electron chi connectivity index (χ0n) is 12.1. The van der Waals surface area contributed by atoms with Crippen LogP contribution in [0.5, 0.6) is 5.75 Å². The monoisotopic (exact) mass is 278 g/mol. The molecule has 0 heterocycles. The molecule has 0 spiro atoms. The highest BCUT2D eigenvalue weighted by Gasteiger charge is 2.11. The van der Waals surface area contributed by atoms with Crippen molar-refractivity contribution in [1.29, 1.82) is 0 Å². The summed E-state index contributed by atoms with van der Waals surface area (Å²) in [5.41, 5.74) is 19.9. The number of benzene rings is 1. The predicted molar refractivity (Wildman–Crippen MR) is 81.0 cm³/mol. The molecule has 110 valence electrons. The van der Waals surface area contributed by atoms with Crippen LogP contribution in [0.25, 0.3) is 5.70 Å². The SMILES string of the molecule is CCOCOc1cc(C)cc(C)c1/C(N)=C/N=C(N)N. The van der Waals surface area contributed by atoms with Crippen molar-refractivity contribution < 1.29 is 9.47 Å². The number of ether oxygens (including phenoxy) is 2. The molecule has 0 aliphatic rings. The maximum atomic E-state index is 6.02. The van der Waals surface area contributed by atoms with Crippen LogP contribution in [0, 0.1) is 13.8 Å². The van der Waals surface area contributed by atoms with Crippen LogP contribution in [0.1, 0.15) is 23.6 Å². The molecule has 0 aliphatic carbocycles. The minimum absolute atomic E-state index is 0.0468. The van der Waals surface area contributed by atoms with Crippen LogP contribution in [0.15, 0.2) is 23.3 Å². The number of aryl methyl sites for hydroxylation is 2. The number of hydrogen-bond donors (Lipinski definition) is 3. The lowest BCUT2D eigenvalue weighted by molar-refractivity contribution is 0.0222. The molecule has 0 atom stereocenters. The predicted octanol–water partition coefficient (Wildman–Crippen LogP) is 1.21. The van der Waals surface area contributed by atoms with E-state index in [1.807, 2.05) is 32.9 Å². The molecule has 20 heavy (non-hydrogen) atoms. The molecule has 1 rings (SSSR count). The zero-order valence-corrected chi connectivity index (χ0v) is 12.1. The van der Waals surface area contributed by atoms with Crippen molar-refractivity contribution in [1.82, 2.24) is 0 Å². The van der Waals surface area contributed by atoms with E-state index in [1.165, 1.54) is 6.20 Å². The average Bonchev–Trinajstić information content (AvgIpc) is 2.35. The van der Waals surface area contributed by atoms with E-state index in [9.17, 15) is 0 Å². The Hall–Kier alpha value is -2.21. The second kappa shape index (κ2) is 7.40. The minimum Gasteiger partial charge on any atom is -0.467 e. The molecule has 0 fully saturated rings. The fourth-order valence-electron chi connectivity index (χ4n) is 1.81. The molecule has 0 aliphatic heterocycles. The van der Waals surface area contributed by atoms with Crippen molar-refractivity contribution in [3.63, 3.8) is 0 Å². The van der Waals surface area contributed by atoms with E-state index in [4.69, 9.17) is 26.7 Å². The summed E-state index contributed by atoms with van der Waals surface area (Å²) in [7, 11) is 0. The number of hydrogen-bond acceptors (Lipinski definition) is 4. The normalized spacial score (nSPS) is 11.2. The minimum atomic E-state index is -0.0468. The third kappa shape index (κ3) is 4.47. The molecule has 0 saturated heterocycles. The van der Waals surface area contributed by atoms with Gasteiger partial charge in [-0.25, -0.2) is 4.99 Å². The molecule has 0 aromatic heterocycles. The molecule has 0 saturated carbocycles. The highest BCUT2D eigenvalue weighted by atomic mass is 16.7. The quantitative estimate of drug-likeness (QED) is 0.313. The summed E-state index contributed by atoms with van der Waals surface area (Å²) in [6.07, 6.45) is 1.42. The fourth-order valence-corrected chi connectivity index (χ4v) is 1.81. The molecule has 1 aromatic rings. The van der Waals surface area contributed by atoms with Gasteiger partial charge in [-0.3, -0.25) is 0 Å². The van der Waals surface area contributed by atoms with Crippen molar-refractivity contribution in [2.75, 3.05) is 13.4 Å². The molecule has 6 nitrogen and oxygen atoms in total. The van der Waals surface area contributed by atoms with E-state index < -0.39 is 0 Å². The topological polar surface area (TPSA) is 109 Å².